The average Bonchev–Trinajstić information content (AvgIpc) is 2.20. The second-order valence-corrected chi connectivity index (χ2v) is 3.10. The van der Waals surface area contributed by atoms with E-state index in [9.17, 15) is 5.11 Å². The van der Waals surface area contributed by atoms with Crippen LogP contribution in [-0.2, 0) is 0 Å². The Balaban J connectivity index is 2.91. The number of aromatic nitrogens is 1. The van der Waals surface area contributed by atoms with Crippen LogP contribution < -0.4 is 0 Å². The van der Waals surface area contributed by atoms with Crippen LogP contribution in [0.25, 0.3) is 0 Å². The number of halogens is 1. The van der Waals surface area contributed by atoms with Crippen molar-refractivity contribution in [3.05, 3.63) is 23.0 Å². The summed E-state index contributed by atoms with van der Waals surface area (Å²) < 4.78 is 0. The first kappa shape index (κ1) is 11.2. The summed E-state index contributed by atoms with van der Waals surface area (Å²) in [6, 6.07) is 2.56. The van der Waals surface area contributed by atoms with E-state index in [4.69, 9.17) is 26.9 Å². The van der Waals surface area contributed by atoms with Crippen LogP contribution in [-0.4, -0.2) is 38.1 Å². The molecule has 78 valence electrons. The van der Waals surface area contributed by atoms with E-state index in [0.717, 1.165) is 0 Å². The van der Waals surface area contributed by atoms with E-state index in [-0.39, 0.29) is 16.6 Å². The Hall–Kier alpha value is -0.880. The third-order valence-electron chi connectivity index (χ3n) is 1.71. The Morgan fingerprint density at radius 3 is 2.50 bits per heavy atom. The first-order chi connectivity index (χ1) is 6.56. The minimum atomic E-state index is -1.32. The average molecular weight is 220 g/mol. The molecule has 5 nitrogen and oxygen atoms in total. The summed E-state index contributed by atoms with van der Waals surface area (Å²) in [4.78, 5) is 3.64. The van der Waals surface area contributed by atoms with Gasteiger partial charge in [-0.15, -0.1) is 0 Å². The molecule has 6 heteroatoms. The van der Waals surface area contributed by atoms with Gasteiger partial charge >= 0.3 is 0 Å². The molecule has 0 radical (unpaired) electrons. The molecule has 2 unspecified atom stereocenters. The van der Waals surface area contributed by atoms with Crippen molar-refractivity contribution in [2.45, 2.75) is 12.2 Å². The number of hydrogen-bond donors (Lipinski definition) is 4. The highest BCUT2D eigenvalue weighted by Crippen LogP contribution is 2.23. The van der Waals surface area contributed by atoms with Crippen molar-refractivity contribution in [1.29, 1.82) is 0 Å². The molecule has 0 saturated heterocycles. The van der Waals surface area contributed by atoms with E-state index < -0.39 is 18.8 Å². The zero-order valence-electron chi connectivity index (χ0n) is 7.13. The summed E-state index contributed by atoms with van der Waals surface area (Å²) in [7, 11) is 0. The van der Waals surface area contributed by atoms with E-state index in [1.165, 1.54) is 12.1 Å². The van der Waals surface area contributed by atoms with Crippen LogP contribution in [0, 0.1) is 0 Å². The lowest BCUT2D eigenvalue weighted by molar-refractivity contribution is -0.0173. The zero-order chi connectivity index (χ0) is 10.7. The van der Waals surface area contributed by atoms with Gasteiger partial charge in [0.15, 0.2) is 10.9 Å². The van der Waals surface area contributed by atoms with E-state index >= 15 is 0 Å². The largest absolute Gasteiger partial charge is 0.505 e. The predicted octanol–water partition coefficient (Wildman–Crippen LogP) is -0.173. The molecule has 0 amide bonds. The van der Waals surface area contributed by atoms with Crippen molar-refractivity contribution in [1.82, 2.24) is 4.98 Å². The summed E-state index contributed by atoms with van der Waals surface area (Å²) in [6.07, 6.45) is -2.64. The quantitative estimate of drug-likeness (QED) is 0.530. The molecule has 1 aromatic heterocycles. The molecule has 0 aliphatic heterocycles. The van der Waals surface area contributed by atoms with Crippen LogP contribution in [0.2, 0.25) is 5.15 Å². The lowest BCUT2D eigenvalue weighted by Crippen LogP contribution is -2.22. The Morgan fingerprint density at radius 2 is 2.00 bits per heavy atom. The van der Waals surface area contributed by atoms with E-state index in [1.807, 2.05) is 0 Å². The molecule has 0 bridgehead atoms. The van der Waals surface area contributed by atoms with Gasteiger partial charge in [0, 0.05) is 0 Å². The second kappa shape index (κ2) is 4.56. The van der Waals surface area contributed by atoms with Gasteiger partial charge in [-0.1, -0.05) is 11.6 Å². The monoisotopic (exact) mass is 219 g/mol. The lowest BCUT2D eigenvalue weighted by Gasteiger charge is -2.14. The third kappa shape index (κ3) is 2.33. The molecule has 4 N–H and O–H groups in total. The molecule has 0 aliphatic rings. The number of hydrogen-bond acceptors (Lipinski definition) is 5. The molecule has 0 aromatic carbocycles. The second-order valence-electron chi connectivity index (χ2n) is 2.74. The van der Waals surface area contributed by atoms with E-state index in [1.54, 1.807) is 0 Å². The highest BCUT2D eigenvalue weighted by atomic mass is 35.5. The van der Waals surface area contributed by atoms with Crippen LogP contribution >= 0.6 is 11.6 Å². The lowest BCUT2D eigenvalue weighted by atomic mass is 10.1. The number of aliphatic hydroxyl groups excluding tert-OH is 3. The van der Waals surface area contributed by atoms with Crippen molar-refractivity contribution < 1.29 is 20.4 Å². The summed E-state index contributed by atoms with van der Waals surface area (Å²) in [5.41, 5.74) is 0.0920. The molecule has 1 heterocycles. The molecule has 1 aromatic rings. The van der Waals surface area contributed by atoms with Gasteiger partial charge in [0.1, 0.15) is 12.2 Å². The Kier molecular flexibility index (Phi) is 3.65. The number of nitrogens with zero attached hydrogens (tertiary/aromatic N) is 1. The summed E-state index contributed by atoms with van der Waals surface area (Å²) >= 11 is 5.49. The number of rotatable bonds is 3. The van der Waals surface area contributed by atoms with Gasteiger partial charge in [0.2, 0.25) is 0 Å². The van der Waals surface area contributed by atoms with Crippen molar-refractivity contribution in [2.75, 3.05) is 6.61 Å². The predicted molar refractivity (Wildman–Crippen MR) is 49.0 cm³/mol. The molecular formula is C8H10ClNO4. The zero-order valence-corrected chi connectivity index (χ0v) is 7.89. The molecule has 2 atom stereocenters. The molecule has 0 saturated carbocycles. The van der Waals surface area contributed by atoms with Gasteiger partial charge in [0.25, 0.3) is 0 Å². The van der Waals surface area contributed by atoms with Crippen molar-refractivity contribution >= 4 is 11.6 Å². The SMILES string of the molecule is OCC(O)C(O)c1ccc(O)c(Cl)n1. The first-order valence-corrected chi connectivity index (χ1v) is 4.26. The van der Waals surface area contributed by atoms with E-state index in [0.29, 0.717) is 0 Å². The Morgan fingerprint density at radius 1 is 1.36 bits per heavy atom. The van der Waals surface area contributed by atoms with Gasteiger partial charge in [-0.3, -0.25) is 0 Å². The minimum absolute atomic E-state index is 0.0920. The molecule has 0 spiro atoms. The maximum absolute atomic E-state index is 9.39. The van der Waals surface area contributed by atoms with Crippen molar-refractivity contribution in [3.63, 3.8) is 0 Å². The highest BCUT2D eigenvalue weighted by molar-refractivity contribution is 6.30. The topological polar surface area (TPSA) is 93.8 Å². The van der Waals surface area contributed by atoms with Gasteiger partial charge in [-0.05, 0) is 12.1 Å². The third-order valence-corrected chi connectivity index (χ3v) is 1.98. The van der Waals surface area contributed by atoms with Crippen molar-refractivity contribution in [2.24, 2.45) is 0 Å². The highest BCUT2D eigenvalue weighted by Gasteiger charge is 2.19. The van der Waals surface area contributed by atoms with Crippen molar-refractivity contribution in [3.8, 4) is 5.75 Å². The normalized spacial score (nSPS) is 15.1. The van der Waals surface area contributed by atoms with E-state index in [2.05, 4.69) is 4.98 Å². The maximum atomic E-state index is 9.39. The number of aliphatic hydroxyl groups is 3. The van der Waals surface area contributed by atoms with Crippen LogP contribution in [0.3, 0.4) is 0 Å². The minimum Gasteiger partial charge on any atom is -0.505 e. The number of pyridine rings is 1. The maximum Gasteiger partial charge on any atom is 0.171 e. The van der Waals surface area contributed by atoms with Gasteiger partial charge < -0.3 is 20.4 Å². The fourth-order valence-electron chi connectivity index (χ4n) is 0.903. The Labute approximate surface area is 85.2 Å². The molecule has 14 heavy (non-hydrogen) atoms. The summed E-state index contributed by atoms with van der Waals surface area (Å²) in [5.74, 6) is -0.207. The summed E-state index contributed by atoms with van der Waals surface area (Å²) in [5, 5.41) is 35.9. The Bertz CT molecular complexity index is 320. The smallest absolute Gasteiger partial charge is 0.171 e. The van der Waals surface area contributed by atoms with Crippen LogP contribution in [0.4, 0.5) is 0 Å². The number of aromatic hydroxyl groups is 1. The van der Waals surface area contributed by atoms with Gasteiger partial charge in [0.05, 0.1) is 12.3 Å². The van der Waals surface area contributed by atoms with Gasteiger partial charge in [-0.25, -0.2) is 4.98 Å². The molecular weight excluding hydrogens is 210 g/mol. The standard InChI is InChI=1S/C8H10ClNO4/c9-8-5(12)2-1-4(10-8)7(14)6(13)3-11/h1-2,6-7,11-14H,3H2. The first-order valence-electron chi connectivity index (χ1n) is 3.88. The van der Waals surface area contributed by atoms with Crippen LogP contribution in [0.1, 0.15) is 11.8 Å². The van der Waals surface area contributed by atoms with Crippen LogP contribution in [0.15, 0.2) is 12.1 Å². The fraction of sp³-hybridized carbons (Fsp3) is 0.375. The van der Waals surface area contributed by atoms with Gasteiger partial charge in [-0.2, -0.15) is 0 Å². The fourth-order valence-corrected chi connectivity index (χ4v) is 1.06. The molecule has 0 aliphatic carbocycles. The molecule has 1 rings (SSSR count). The molecule has 0 fully saturated rings. The summed E-state index contributed by atoms with van der Waals surface area (Å²) in [6.45, 7) is -0.582. The van der Waals surface area contributed by atoms with Crippen LogP contribution in [0.5, 0.6) is 5.75 Å².